The van der Waals surface area contributed by atoms with Crippen LogP contribution in [0.3, 0.4) is 0 Å². The number of allylic oxidation sites excluding steroid dienone is 4. The minimum Gasteiger partial charge on any atom is -0.341 e. The smallest absolute Gasteiger partial charge is 0.118 e. The van der Waals surface area contributed by atoms with Crippen LogP contribution >= 0.6 is 0 Å². The van der Waals surface area contributed by atoms with E-state index >= 15 is 0 Å². The normalized spacial score (nSPS) is 28.6. The monoisotopic (exact) mass is 364 g/mol. The predicted octanol–water partition coefficient (Wildman–Crippen LogP) is 5.71. The third-order valence-corrected chi connectivity index (χ3v) is 7.04. The second-order valence-electron chi connectivity index (χ2n) is 8.81. The van der Waals surface area contributed by atoms with Gasteiger partial charge in [0.25, 0.3) is 0 Å². The van der Waals surface area contributed by atoms with Gasteiger partial charge in [-0.25, -0.2) is 4.39 Å². The first-order valence-corrected chi connectivity index (χ1v) is 10.5. The molecule has 1 aromatic heterocycles. The Bertz CT molecular complexity index is 935. The van der Waals surface area contributed by atoms with E-state index in [1.165, 1.54) is 35.7 Å². The Kier molecular flexibility index (Phi) is 4.23. The van der Waals surface area contributed by atoms with Crippen LogP contribution in [-0.2, 0) is 13.0 Å². The molecule has 1 saturated carbocycles. The van der Waals surface area contributed by atoms with Gasteiger partial charge in [-0.3, -0.25) is 0 Å². The van der Waals surface area contributed by atoms with Gasteiger partial charge in [-0.1, -0.05) is 24.1 Å². The molecule has 2 heterocycles. The fraction of sp³-hybridized carbons (Fsp3) is 0.500. The number of aryl methyl sites for hydroxylation is 1. The van der Waals surface area contributed by atoms with Crippen LogP contribution in [0.15, 0.2) is 42.3 Å². The van der Waals surface area contributed by atoms with Crippen LogP contribution in [0.5, 0.6) is 0 Å². The molecule has 1 unspecified atom stereocenters. The fourth-order valence-corrected chi connectivity index (χ4v) is 5.74. The maximum Gasteiger partial charge on any atom is 0.118 e. The molecule has 0 amide bonds. The van der Waals surface area contributed by atoms with Crippen molar-refractivity contribution >= 4 is 10.9 Å². The first-order chi connectivity index (χ1) is 13.1. The Morgan fingerprint density at radius 2 is 2.07 bits per heavy atom. The molecule has 0 radical (unpaired) electrons. The Morgan fingerprint density at radius 1 is 1.19 bits per heavy atom. The van der Waals surface area contributed by atoms with Crippen LogP contribution in [0.1, 0.15) is 48.5 Å². The highest BCUT2D eigenvalue weighted by Crippen LogP contribution is 2.47. The lowest BCUT2D eigenvalue weighted by atomic mass is 9.83. The van der Waals surface area contributed by atoms with Gasteiger partial charge in [-0.15, -0.1) is 0 Å². The topological polar surface area (TPSA) is 8.17 Å². The minimum absolute atomic E-state index is 0.0666. The maximum absolute atomic E-state index is 13.5. The molecule has 3 aliphatic rings. The largest absolute Gasteiger partial charge is 0.341 e. The van der Waals surface area contributed by atoms with Gasteiger partial charge in [0.05, 0.1) is 0 Å². The van der Waals surface area contributed by atoms with Gasteiger partial charge in [-0.2, -0.15) is 0 Å². The standard InChI is InChI=1S/C24H29FN2/c1-16-6-11-23-20(14-16)21-15-26(2)13-12-24(21)27(23)22-5-3-4-19(22)17-7-9-18(25)10-8-17/h6-7,9-11,14,17,19,22H,3-5,8,12-13,15H2,1-2H3/t17?,19-,22+/m0/s1. The molecule has 1 fully saturated rings. The van der Waals surface area contributed by atoms with E-state index in [4.69, 9.17) is 0 Å². The summed E-state index contributed by atoms with van der Waals surface area (Å²) in [5.41, 5.74) is 5.86. The van der Waals surface area contributed by atoms with E-state index in [1.54, 1.807) is 23.4 Å². The second kappa shape index (κ2) is 6.63. The molecule has 3 atom stereocenters. The second-order valence-corrected chi connectivity index (χ2v) is 8.81. The average Bonchev–Trinajstić information content (AvgIpc) is 3.24. The van der Waals surface area contributed by atoms with Crippen molar-refractivity contribution in [1.29, 1.82) is 0 Å². The van der Waals surface area contributed by atoms with Gasteiger partial charge < -0.3 is 9.47 Å². The van der Waals surface area contributed by atoms with Crippen molar-refractivity contribution in [2.24, 2.45) is 11.8 Å². The molecule has 0 spiro atoms. The third kappa shape index (κ3) is 2.87. The van der Waals surface area contributed by atoms with Crippen molar-refractivity contribution in [3.05, 3.63) is 59.1 Å². The Morgan fingerprint density at radius 3 is 2.89 bits per heavy atom. The van der Waals surface area contributed by atoms with Crippen molar-refractivity contribution in [2.45, 2.75) is 51.6 Å². The number of likely N-dealkylation sites (N-methyl/N-ethyl adjacent to an activating group) is 1. The van der Waals surface area contributed by atoms with E-state index in [-0.39, 0.29) is 5.83 Å². The van der Waals surface area contributed by atoms with E-state index in [2.05, 4.69) is 47.7 Å². The Labute approximate surface area is 161 Å². The molecular formula is C24H29FN2. The number of aromatic nitrogens is 1. The van der Waals surface area contributed by atoms with E-state index in [9.17, 15) is 4.39 Å². The van der Waals surface area contributed by atoms with Crippen molar-refractivity contribution in [3.8, 4) is 0 Å². The molecule has 1 aromatic carbocycles. The summed E-state index contributed by atoms with van der Waals surface area (Å²) in [6.45, 7) is 4.38. The molecular weight excluding hydrogens is 335 g/mol. The van der Waals surface area contributed by atoms with Crippen molar-refractivity contribution in [2.75, 3.05) is 13.6 Å². The predicted molar refractivity (Wildman–Crippen MR) is 110 cm³/mol. The van der Waals surface area contributed by atoms with Gasteiger partial charge in [0.15, 0.2) is 0 Å². The minimum atomic E-state index is -0.0666. The van der Waals surface area contributed by atoms with E-state index in [0.717, 1.165) is 25.9 Å². The lowest BCUT2D eigenvalue weighted by molar-refractivity contribution is 0.280. The summed E-state index contributed by atoms with van der Waals surface area (Å²) >= 11 is 0. The highest BCUT2D eigenvalue weighted by Gasteiger charge is 2.37. The molecule has 2 aromatic rings. The fourth-order valence-electron chi connectivity index (χ4n) is 5.74. The van der Waals surface area contributed by atoms with Gasteiger partial charge in [0.2, 0.25) is 0 Å². The van der Waals surface area contributed by atoms with Crippen molar-refractivity contribution in [1.82, 2.24) is 9.47 Å². The van der Waals surface area contributed by atoms with Gasteiger partial charge in [0, 0.05) is 42.1 Å². The summed E-state index contributed by atoms with van der Waals surface area (Å²) in [6.07, 6.45) is 11.4. The lowest BCUT2D eigenvalue weighted by Crippen LogP contribution is -2.29. The summed E-state index contributed by atoms with van der Waals surface area (Å²) in [4.78, 5) is 2.44. The van der Waals surface area contributed by atoms with Gasteiger partial charge in [0.1, 0.15) is 5.83 Å². The Balaban J connectivity index is 1.61. The molecule has 0 N–H and O–H groups in total. The molecule has 5 rings (SSSR count). The summed E-state index contributed by atoms with van der Waals surface area (Å²) in [5, 5.41) is 1.45. The van der Waals surface area contributed by atoms with Crippen LogP contribution in [0, 0.1) is 18.8 Å². The summed E-state index contributed by atoms with van der Waals surface area (Å²) in [6, 6.07) is 7.53. The molecule has 0 saturated heterocycles. The quantitative estimate of drug-likeness (QED) is 0.663. The summed E-state index contributed by atoms with van der Waals surface area (Å²) in [7, 11) is 2.23. The highest BCUT2D eigenvalue weighted by atomic mass is 19.1. The number of benzene rings is 1. The zero-order chi connectivity index (χ0) is 18.5. The third-order valence-electron chi connectivity index (χ3n) is 7.04. The SMILES string of the molecule is Cc1ccc2c(c1)c1c(n2[C@@H]2CCC[C@H]2C2C=CC(F)=CC2)CCN(C)C1. The van der Waals surface area contributed by atoms with Crippen molar-refractivity contribution < 1.29 is 4.39 Å². The molecule has 1 aliphatic heterocycles. The lowest BCUT2D eigenvalue weighted by Gasteiger charge is -2.32. The number of rotatable bonds is 2. The van der Waals surface area contributed by atoms with Crippen LogP contribution in [0.25, 0.3) is 10.9 Å². The highest BCUT2D eigenvalue weighted by molar-refractivity contribution is 5.86. The van der Waals surface area contributed by atoms with Crippen LogP contribution in [0.2, 0.25) is 0 Å². The molecule has 27 heavy (non-hydrogen) atoms. The molecule has 3 heteroatoms. The van der Waals surface area contributed by atoms with Crippen LogP contribution in [-0.4, -0.2) is 23.1 Å². The number of halogens is 1. The molecule has 0 bridgehead atoms. The zero-order valence-corrected chi connectivity index (χ0v) is 16.4. The zero-order valence-electron chi connectivity index (χ0n) is 16.4. The maximum atomic E-state index is 13.5. The summed E-state index contributed by atoms with van der Waals surface area (Å²) in [5.74, 6) is 1.02. The molecule has 2 aliphatic carbocycles. The van der Waals surface area contributed by atoms with E-state index in [0.29, 0.717) is 17.9 Å². The van der Waals surface area contributed by atoms with Crippen molar-refractivity contribution in [3.63, 3.8) is 0 Å². The van der Waals surface area contributed by atoms with E-state index < -0.39 is 0 Å². The van der Waals surface area contributed by atoms with Crippen LogP contribution in [0.4, 0.5) is 4.39 Å². The molecule has 142 valence electrons. The number of hydrogen-bond acceptors (Lipinski definition) is 1. The Hall–Kier alpha value is -1.87. The number of nitrogens with zero attached hydrogens (tertiary/aromatic N) is 2. The first kappa shape index (κ1) is 17.2. The van der Waals surface area contributed by atoms with E-state index in [1.807, 2.05) is 0 Å². The first-order valence-electron chi connectivity index (χ1n) is 10.5. The average molecular weight is 365 g/mol. The van der Waals surface area contributed by atoms with Gasteiger partial charge in [-0.05, 0) is 74.9 Å². The number of fused-ring (bicyclic) bond motifs is 3. The molecule has 2 nitrogen and oxygen atoms in total. The van der Waals surface area contributed by atoms with Crippen LogP contribution < -0.4 is 0 Å². The van der Waals surface area contributed by atoms with Gasteiger partial charge >= 0.3 is 0 Å². The summed E-state index contributed by atoms with van der Waals surface area (Å²) < 4.78 is 16.2. The number of hydrogen-bond donors (Lipinski definition) is 0.